The number of carbonyl (C=O) groups excluding carboxylic acids is 2. The van der Waals surface area contributed by atoms with E-state index in [0.717, 1.165) is 4.57 Å². The van der Waals surface area contributed by atoms with Crippen LogP contribution >= 0.6 is 11.6 Å². The zero-order valence-corrected chi connectivity index (χ0v) is 17.9. The number of hydrogen-bond donors (Lipinski definition) is 1. The van der Waals surface area contributed by atoms with Crippen molar-refractivity contribution in [3.05, 3.63) is 46.2 Å². The fourth-order valence-corrected chi connectivity index (χ4v) is 4.13. The molecule has 31 heavy (non-hydrogen) atoms. The van der Waals surface area contributed by atoms with Gasteiger partial charge in [-0.15, -0.1) is 0 Å². The molecule has 4 rings (SSSR count). The number of alkyl halides is 3. The molecule has 2 fully saturated rings. The first kappa shape index (κ1) is 21.7. The van der Waals surface area contributed by atoms with Crippen LogP contribution in [0, 0.1) is 6.92 Å². The summed E-state index contributed by atoms with van der Waals surface area (Å²) in [6, 6.07) is 5.92. The third-order valence-electron chi connectivity index (χ3n) is 5.75. The summed E-state index contributed by atoms with van der Waals surface area (Å²) < 4.78 is 48.4. The molecule has 1 aromatic carbocycles. The molecule has 0 spiro atoms. The Balaban J connectivity index is 1.86. The Kier molecular flexibility index (Phi) is 5.32. The van der Waals surface area contributed by atoms with Crippen LogP contribution in [0.5, 0.6) is 0 Å². The van der Waals surface area contributed by atoms with Crippen molar-refractivity contribution in [1.29, 1.82) is 0 Å². The highest BCUT2D eigenvalue weighted by Gasteiger charge is 2.54. The minimum absolute atomic E-state index is 0.0205. The van der Waals surface area contributed by atoms with Gasteiger partial charge in [0.15, 0.2) is 0 Å². The number of nitrogens with one attached hydrogen (secondary N) is 1. The highest BCUT2D eigenvalue weighted by molar-refractivity contribution is 6.30. The predicted molar refractivity (Wildman–Crippen MR) is 109 cm³/mol. The summed E-state index contributed by atoms with van der Waals surface area (Å²) in [6.45, 7) is 3.19. The van der Waals surface area contributed by atoms with Gasteiger partial charge in [-0.3, -0.25) is 4.79 Å². The lowest BCUT2D eigenvalue weighted by Gasteiger charge is -2.19. The maximum absolute atomic E-state index is 14.1. The van der Waals surface area contributed by atoms with Crippen molar-refractivity contribution < 1.29 is 27.5 Å². The van der Waals surface area contributed by atoms with Crippen LogP contribution in [0.1, 0.15) is 60.4 Å². The molecule has 166 valence electrons. The Labute approximate surface area is 182 Å². The van der Waals surface area contributed by atoms with E-state index in [1.54, 1.807) is 31.2 Å². The van der Waals surface area contributed by atoms with E-state index in [9.17, 15) is 22.8 Å². The third kappa shape index (κ3) is 3.93. The van der Waals surface area contributed by atoms with Gasteiger partial charge in [0.05, 0.1) is 6.61 Å². The van der Waals surface area contributed by atoms with E-state index in [1.165, 1.54) is 6.92 Å². The van der Waals surface area contributed by atoms with Crippen LogP contribution in [-0.4, -0.2) is 28.6 Å². The summed E-state index contributed by atoms with van der Waals surface area (Å²) in [5, 5.41) is 3.11. The van der Waals surface area contributed by atoms with Crippen LogP contribution in [0.15, 0.2) is 24.3 Å². The second-order valence-electron chi connectivity index (χ2n) is 8.06. The predicted octanol–water partition coefficient (Wildman–Crippen LogP) is 5.30. The second-order valence-corrected chi connectivity index (χ2v) is 8.50. The number of carbonyl (C=O) groups is 2. The molecule has 5 nitrogen and oxygen atoms in total. The highest BCUT2D eigenvalue weighted by atomic mass is 35.5. The lowest BCUT2D eigenvalue weighted by molar-refractivity contribution is -0.147. The van der Waals surface area contributed by atoms with Gasteiger partial charge in [-0.1, -0.05) is 23.7 Å². The molecule has 1 amide bonds. The molecule has 9 heteroatoms. The topological polar surface area (TPSA) is 60.3 Å². The van der Waals surface area contributed by atoms with Crippen LogP contribution in [0.25, 0.3) is 11.1 Å². The van der Waals surface area contributed by atoms with Gasteiger partial charge in [0, 0.05) is 16.6 Å². The number of halogens is 4. The van der Waals surface area contributed by atoms with E-state index in [1.807, 2.05) is 0 Å². The maximum atomic E-state index is 14.1. The maximum Gasteiger partial charge on any atom is 0.431 e. The minimum Gasteiger partial charge on any atom is -0.464 e. The average Bonchev–Trinajstić information content (AvgIpc) is 3.60. The highest BCUT2D eigenvalue weighted by Crippen LogP contribution is 2.48. The molecular formula is C22H22ClF3N2O3. The molecular weight excluding hydrogens is 433 g/mol. The van der Waals surface area contributed by atoms with Gasteiger partial charge >= 0.3 is 12.1 Å². The Hall–Kier alpha value is -2.48. The number of ether oxygens (including phenoxy) is 1. The van der Waals surface area contributed by atoms with Crippen molar-refractivity contribution in [2.45, 2.75) is 57.3 Å². The van der Waals surface area contributed by atoms with Crippen molar-refractivity contribution in [2.24, 2.45) is 0 Å². The van der Waals surface area contributed by atoms with Crippen LogP contribution in [0.4, 0.5) is 13.2 Å². The molecule has 2 aliphatic rings. The average molecular weight is 455 g/mol. The summed E-state index contributed by atoms with van der Waals surface area (Å²) in [5.41, 5.74) is -1.44. The number of nitrogens with zero attached hydrogens (tertiary/aromatic N) is 1. The third-order valence-corrected chi connectivity index (χ3v) is 6.00. The van der Waals surface area contributed by atoms with Gasteiger partial charge in [-0.05, 0) is 62.8 Å². The largest absolute Gasteiger partial charge is 0.464 e. The summed E-state index contributed by atoms with van der Waals surface area (Å²) in [7, 11) is 0. The molecule has 0 bridgehead atoms. The van der Waals surface area contributed by atoms with Crippen molar-refractivity contribution in [3.8, 4) is 11.1 Å². The molecule has 2 saturated carbocycles. The first-order valence-corrected chi connectivity index (χ1v) is 10.5. The van der Waals surface area contributed by atoms with Gasteiger partial charge in [0.25, 0.3) is 5.91 Å². The smallest absolute Gasteiger partial charge is 0.431 e. The fraction of sp³-hybridized carbons (Fsp3) is 0.455. The van der Waals surface area contributed by atoms with Gasteiger partial charge in [-0.25, -0.2) is 4.79 Å². The summed E-state index contributed by atoms with van der Waals surface area (Å²) in [4.78, 5) is 25.7. The van der Waals surface area contributed by atoms with Crippen molar-refractivity contribution >= 4 is 23.5 Å². The second kappa shape index (κ2) is 7.58. The number of esters is 1. The van der Waals surface area contributed by atoms with Gasteiger partial charge in [-0.2, -0.15) is 13.2 Å². The quantitative estimate of drug-likeness (QED) is 0.603. The molecule has 2 aliphatic carbocycles. The molecule has 0 saturated heterocycles. The molecule has 0 atom stereocenters. The van der Waals surface area contributed by atoms with Crippen LogP contribution < -0.4 is 5.32 Å². The van der Waals surface area contributed by atoms with E-state index >= 15 is 0 Å². The van der Waals surface area contributed by atoms with E-state index in [4.69, 9.17) is 16.3 Å². The first-order valence-electron chi connectivity index (χ1n) is 10.2. The Bertz CT molecular complexity index is 1040. The lowest BCUT2D eigenvalue weighted by atomic mass is 10.00. The van der Waals surface area contributed by atoms with Crippen LogP contribution in [0.3, 0.4) is 0 Å². The zero-order valence-electron chi connectivity index (χ0n) is 17.1. The summed E-state index contributed by atoms with van der Waals surface area (Å²) >= 11 is 5.95. The van der Waals surface area contributed by atoms with Crippen LogP contribution in [-0.2, 0) is 15.7 Å². The lowest BCUT2D eigenvalue weighted by Crippen LogP contribution is -2.45. The summed E-state index contributed by atoms with van der Waals surface area (Å²) in [6.07, 6.45) is -2.74. The Morgan fingerprint density at radius 2 is 1.84 bits per heavy atom. The van der Waals surface area contributed by atoms with Crippen molar-refractivity contribution in [3.63, 3.8) is 0 Å². The fourth-order valence-electron chi connectivity index (χ4n) is 4.00. The summed E-state index contributed by atoms with van der Waals surface area (Å²) in [5.74, 6) is -1.27. The van der Waals surface area contributed by atoms with E-state index in [2.05, 4.69) is 5.32 Å². The first-order chi connectivity index (χ1) is 14.6. The normalized spacial score (nSPS) is 17.4. The monoisotopic (exact) mass is 454 g/mol. The number of benzene rings is 1. The Morgan fingerprint density at radius 3 is 2.32 bits per heavy atom. The number of rotatable bonds is 6. The van der Waals surface area contributed by atoms with Crippen molar-refractivity contribution in [1.82, 2.24) is 9.88 Å². The number of amides is 1. The molecule has 1 aromatic heterocycles. The molecule has 0 aliphatic heterocycles. The van der Waals surface area contributed by atoms with E-state index in [0.29, 0.717) is 36.3 Å². The van der Waals surface area contributed by atoms with Gasteiger partial charge in [0.1, 0.15) is 16.9 Å². The standard InChI is InChI=1S/C22H22ClF3N2O3/c1-3-31-20(30)21(10-11-21)27-19(29)17-16(13-4-6-14(23)7-5-13)12(2)18(22(24,25)26)28(17)15-8-9-15/h4-7,15H,3,8-11H2,1-2H3,(H,27,29). The molecule has 0 unspecified atom stereocenters. The Morgan fingerprint density at radius 1 is 1.23 bits per heavy atom. The molecule has 0 radical (unpaired) electrons. The van der Waals surface area contributed by atoms with E-state index < -0.39 is 35.3 Å². The van der Waals surface area contributed by atoms with Gasteiger partial charge < -0.3 is 14.6 Å². The van der Waals surface area contributed by atoms with Gasteiger partial charge in [0.2, 0.25) is 0 Å². The van der Waals surface area contributed by atoms with E-state index in [-0.39, 0.29) is 23.4 Å². The molecule has 1 N–H and O–H groups in total. The SMILES string of the molecule is CCOC(=O)C1(NC(=O)c2c(-c3ccc(Cl)cc3)c(C)c(C(F)(F)F)n2C2CC2)CC1. The minimum atomic E-state index is -4.63. The number of aromatic nitrogens is 1. The molecule has 1 heterocycles. The molecule has 2 aromatic rings. The zero-order chi connectivity index (χ0) is 22.6. The van der Waals surface area contributed by atoms with Crippen molar-refractivity contribution in [2.75, 3.05) is 6.61 Å². The number of hydrogen-bond acceptors (Lipinski definition) is 3. The van der Waals surface area contributed by atoms with Crippen LogP contribution in [0.2, 0.25) is 5.02 Å².